The van der Waals surface area contributed by atoms with E-state index in [0.717, 1.165) is 0 Å². The maximum atomic E-state index is 11.7. The fourth-order valence-corrected chi connectivity index (χ4v) is 2.10. The van der Waals surface area contributed by atoms with Crippen LogP contribution in [0.25, 0.3) is 0 Å². The zero-order valence-electron chi connectivity index (χ0n) is 9.96. The zero-order valence-corrected chi connectivity index (χ0v) is 10.8. The molecule has 1 aromatic rings. The lowest BCUT2D eigenvalue weighted by Gasteiger charge is -2.16. The van der Waals surface area contributed by atoms with Gasteiger partial charge in [-0.15, -0.1) is 11.3 Å². The number of nitrogens with one attached hydrogen (secondary N) is 1. The van der Waals surface area contributed by atoms with Crippen LogP contribution in [-0.2, 0) is 14.3 Å². The first-order valence-corrected chi connectivity index (χ1v) is 6.25. The van der Waals surface area contributed by atoms with Gasteiger partial charge in [-0.1, -0.05) is 6.07 Å². The van der Waals surface area contributed by atoms with Crippen molar-refractivity contribution in [2.45, 2.75) is 18.5 Å². The highest BCUT2D eigenvalue weighted by Gasteiger charge is 2.25. The molecule has 0 saturated heterocycles. The Morgan fingerprint density at radius 3 is 2.83 bits per heavy atom. The zero-order chi connectivity index (χ0) is 13.5. The van der Waals surface area contributed by atoms with E-state index in [0.29, 0.717) is 17.9 Å². The average Bonchev–Trinajstić information content (AvgIpc) is 2.85. The van der Waals surface area contributed by atoms with E-state index in [1.807, 2.05) is 0 Å². The Balaban J connectivity index is 2.62. The highest BCUT2D eigenvalue weighted by atomic mass is 32.1. The summed E-state index contributed by atoms with van der Waals surface area (Å²) in [5.41, 5.74) is 5.62. The Kier molecular flexibility index (Phi) is 5.76. The van der Waals surface area contributed by atoms with Crippen molar-refractivity contribution < 1.29 is 19.4 Å². The largest absolute Gasteiger partial charge is 0.479 e. The van der Waals surface area contributed by atoms with Crippen LogP contribution < -0.4 is 11.1 Å². The molecule has 4 N–H and O–H groups in total. The summed E-state index contributed by atoms with van der Waals surface area (Å²) in [6, 6.07) is 1.56. The fourth-order valence-electron chi connectivity index (χ4n) is 1.34. The van der Waals surface area contributed by atoms with Gasteiger partial charge in [0.2, 0.25) is 5.91 Å². The van der Waals surface area contributed by atoms with E-state index in [1.165, 1.54) is 18.4 Å². The van der Waals surface area contributed by atoms with Gasteiger partial charge < -0.3 is 20.9 Å². The minimum absolute atomic E-state index is 0.346. The molecule has 2 unspecified atom stereocenters. The topological polar surface area (TPSA) is 102 Å². The first-order chi connectivity index (χ1) is 8.56. The molecule has 0 aliphatic carbocycles. The van der Waals surface area contributed by atoms with Gasteiger partial charge in [-0.05, 0) is 17.9 Å². The number of nitrogens with two attached hydrogens (primary N) is 1. The normalized spacial score (nSPS) is 13.9. The number of hydrogen-bond acceptors (Lipinski definition) is 5. The molecule has 0 bridgehead atoms. The molecule has 0 fully saturated rings. The summed E-state index contributed by atoms with van der Waals surface area (Å²) in [6.07, 6.45) is 0.346. The van der Waals surface area contributed by atoms with Crippen LogP contribution in [0, 0.1) is 0 Å². The number of amides is 1. The smallest absolute Gasteiger partial charge is 0.331 e. The van der Waals surface area contributed by atoms with E-state index in [9.17, 15) is 9.59 Å². The summed E-state index contributed by atoms with van der Waals surface area (Å²) in [5.74, 6) is -1.60. The molecule has 1 amide bonds. The first-order valence-electron chi connectivity index (χ1n) is 5.37. The Hall–Kier alpha value is -1.44. The second-order valence-corrected chi connectivity index (χ2v) is 4.66. The van der Waals surface area contributed by atoms with Crippen molar-refractivity contribution in [1.82, 2.24) is 5.32 Å². The third kappa shape index (κ3) is 4.10. The number of rotatable bonds is 7. The first kappa shape index (κ1) is 14.6. The number of carboxylic acids is 1. The highest BCUT2D eigenvalue weighted by Crippen LogP contribution is 2.19. The minimum atomic E-state index is -1.11. The maximum Gasteiger partial charge on any atom is 0.331 e. The molecular weight excluding hydrogens is 256 g/mol. The minimum Gasteiger partial charge on any atom is -0.479 e. The average molecular weight is 272 g/mol. The van der Waals surface area contributed by atoms with Crippen LogP contribution >= 0.6 is 11.3 Å². The second-order valence-electron chi connectivity index (χ2n) is 3.68. The molecule has 18 heavy (non-hydrogen) atoms. The molecule has 0 radical (unpaired) electrons. The Morgan fingerprint density at radius 2 is 2.33 bits per heavy atom. The molecule has 0 spiro atoms. The second kappa shape index (κ2) is 7.10. The summed E-state index contributed by atoms with van der Waals surface area (Å²) in [7, 11) is 1.51. The van der Waals surface area contributed by atoms with Gasteiger partial charge in [0.25, 0.3) is 0 Å². The monoisotopic (exact) mass is 272 g/mol. The molecule has 2 atom stereocenters. The predicted octanol–water partition coefficient (Wildman–Crippen LogP) is 0.354. The number of aliphatic carboxylic acids is 1. The summed E-state index contributed by atoms with van der Waals surface area (Å²) in [6.45, 7) is 0.353. The summed E-state index contributed by atoms with van der Waals surface area (Å²) < 4.78 is 4.81. The Labute approximate surface area is 109 Å². The standard InChI is InChI=1S/C11H16N2O4S/c1-17-5-4-7(12)10(14)13-9(11(15)16)8-3-2-6-18-8/h2-3,6-7,9H,4-5,12H2,1H3,(H,13,14)(H,15,16). The van der Waals surface area contributed by atoms with E-state index >= 15 is 0 Å². The van der Waals surface area contributed by atoms with Gasteiger partial charge in [-0.3, -0.25) is 4.79 Å². The van der Waals surface area contributed by atoms with Gasteiger partial charge in [-0.25, -0.2) is 4.79 Å². The van der Waals surface area contributed by atoms with Crippen molar-refractivity contribution in [3.05, 3.63) is 22.4 Å². The van der Waals surface area contributed by atoms with Crippen LogP contribution in [0.3, 0.4) is 0 Å². The van der Waals surface area contributed by atoms with Crippen molar-refractivity contribution in [3.8, 4) is 0 Å². The lowest BCUT2D eigenvalue weighted by molar-refractivity contribution is -0.142. The van der Waals surface area contributed by atoms with Crippen molar-refractivity contribution in [1.29, 1.82) is 0 Å². The maximum absolute atomic E-state index is 11.7. The van der Waals surface area contributed by atoms with Gasteiger partial charge in [0, 0.05) is 18.6 Å². The SMILES string of the molecule is COCCC(N)C(=O)NC(C(=O)O)c1cccs1. The number of carboxylic acid groups (broad SMARTS) is 1. The molecule has 1 heterocycles. The molecule has 0 saturated carbocycles. The van der Waals surface area contributed by atoms with Crippen LogP contribution in [0.4, 0.5) is 0 Å². The summed E-state index contributed by atoms with van der Waals surface area (Å²) in [5, 5.41) is 13.2. The fraction of sp³-hybridized carbons (Fsp3) is 0.455. The predicted molar refractivity (Wildman–Crippen MR) is 67.3 cm³/mol. The number of methoxy groups -OCH3 is 1. The summed E-state index contributed by atoms with van der Waals surface area (Å²) >= 11 is 1.27. The molecular formula is C11H16N2O4S. The summed E-state index contributed by atoms with van der Waals surface area (Å²) in [4.78, 5) is 23.4. The number of thiophene rings is 1. The van der Waals surface area contributed by atoms with Crippen molar-refractivity contribution in [3.63, 3.8) is 0 Å². The quantitative estimate of drug-likeness (QED) is 0.665. The van der Waals surface area contributed by atoms with Crippen LogP contribution in [0.15, 0.2) is 17.5 Å². The van der Waals surface area contributed by atoms with Gasteiger partial charge in [-0.2, -0.15) is 0 Å². The van der Waals surface area contributed by atoms with Crippen LogP contribution in [0.2, 0.25) is 0 Å². The van der Waals surface area contributed by atoms with Crippen molar-refractivity contribution in [2.75, 3.05) is 13.7 Å². The number of carbonyl (C=O) groups is 2. The molecule has 0 aliphatic heterocycles. The Morgan fingerprint density at radius 1 is 1.61 bits per heavy atom. The van der Waals surface area contributed by atoms with E-state index in [4.69, 9.17) is 15.6 Å². The number of hydrogen-bond donors (Lipinski definition) is 3. The molecule has 0 aromatic carbocycles. The third-order valence-electron chi connectivity index (χ3n) is 2.33. The van der Waals surface area contributed by atoms with E-state index in [-0.39, 0.29) is 0 Å². The highest BCUT2D eigenvalue weighted by molar-refractivity contribution is 7.10. The van der Waals surface area contributed by atoms with Gasteiger partial charge in [0.1, 0.15) is 0 Å². The molecule has 100 valence electrons. The van der Waals surface area contributed by atoms with Crippen molar-refractivity contribution >= 4 is 23.2 Å². The van der Waals surface area contributed by atoms with E-state index in [1.54, 1.807) is 17.5 Å². The molecule has 1 rings (SSSR count). The number of ether oxygens (including phenoxy) is 1. The molecule has 0 aliphatic rings. The van der Waals surface area contributed by atoms with Gasteiger partial charge in [0.05, 0.1) is 6.04 Å². The number of carbonyl (C=O) groups excluding carboxylic acids is 1. The molecule has 7 heteroatoms. The third-order valence-corrected chi connectivity index (χ3v) is 3.27. The Bertz CT molecular complexity index is 394. The molecule has 6 nitrogen and oxygen atoms in total. The molecule has 1 aromatic heterocycles. The lowest BCUT2D eigenvalue weighted by Crippen LogP contribution is -2.44. The van der Waals surface area contributed by atoms with Crippen LogP contribution in [0.5, 0.6) is 0 Å². The van der Waals surface area contributed by atoms with Crippen LogP contribution in [0.1, 0.15) is 17.3 Å². The van der Waals surface area contributed by atoms with E-state index in [2.05, 4.69) is 5.32 Å². The van der Waals surface area contributed by atoms with Crippen molar-refractivity contribution in [2.24, 2.45) is 5.73 Å². The van der Waals surface area contributed by atoms with E-state index < -0.39 is 24.0 Å². The lowest BCUT2D eigenvalue weighted by atomic mass is 10.2. The van der Waals surface area contributed by atoms with Gasteiger partial charge in [0.15, 0.2) is 6.04 Å². The van der Waals surface area contributed by atoms with Gasteiger partial charge >= 0.3 is 5.97 Å². The van der Waals surface area contributed by atoms with Crippen LogP contribution in [-0.4, -0.2) is 36.7 Å².